The molecule has 0 aliphatic heterocycles. The number of aliphatic hydroxyl groups is 1. The number of aliphatic hydroxyl groups excluding tert-OH is 1. The Morgan fingerprint density at radius 3 is 2.81 bits per heavy atom. The maximum atomic E-state index is 11.9. The second-order valence-electron chi connectivity index (χ2n) is 3.58. The number of hydrogen-bond acceptors (Lipinski definition) is 3. The minimum Gasteiger partial charge on any atom is -0.805 e. The lowest BCUT2D eigenvalue weighted by atomic mass is 10.2. The van der Waals surface area contributed by atoms with Gasteiger partial charge < -0.3 is 15.0 Å². The highest BCUT2D eigenvalue weighted by atomic mass is 16.5. The third-order valence-electron chi connectivity index (χ3n) is 2.64. The molecule has 0 atom stereocenters. The molecule has 0 bridgehead atoms. The molecule has 5 heteroatoms. The molecule has 0 amide bonds. The number of aromatic nitrogens is 2. The van der Waals surface area contributed by atoms with Crippen LogP contribution in [0.25, 0.3) is 11.0 Å². The normalized spacial score (nSPS) is 10.9. The van der Waals surface area contributed by atoms with Crippen molar-refractivity contribution in [3.63, 3.8) is 0 Å². The lowest BCUT2D eigenvalue weighted by Crippen LogP contribution is -2.27. The van der Waals surface area contributed by atoms with Crippen LogP contribution in [-0.2, 0) is 6.42 Å². The zero-order valence-corrected chi connectivity index (χ0v) is 8.88. The lowest BCUT2D eigenvalue weighted by molar-refractivity contribution is -0.476. The molecule has 1 N–H and O–H groups in total. The first kappa shape index (κ1) is 10.6. The predicted molar refractivity (Wildman–Crippen MR) is 59.6 cm³/mol. The molecule has 0 spiro atoms. The molecule has 2 aromatic rings. The summed E-state index contributed by atoms with van der Waals surface area (Å²) in [6, 6.07) is 6.61. The molecule has 84 valence electrons. The fourth-order valence-electron chi connectivity index (χ4n) is 1.79. The second-order valence-corrected chi connectivity index (χ2v) is 3.58. The third-order valence-corrected chi connectivity index (χ3v) is 2.64. The van der Waals surface area contributed by atoms with Gasteiger partial charge in [0.15, 0.2) is 0 Å². The molecule has 2 rings (SSSR count). The molecule has 1 aromatic heterocycles. The van der Waals surface area contributed by atoms with Gasteiger partial charge in [-0.2, -0.15) is 0 Å². The molecule has 0 aliphatic rings. The third kappa shape index (κ3) is 1.45. The van der Waals surface area contributed by atoms with E-state index in [1.165, 1.54) is 0 Å². The zero-order chi connectivity index (χ0) is 11.7. The SMILES string of the molecule is Cc1c(CCO)[n+](=O)c2ccccc2n1[O-]. The monoisotopic (exact) mass is 220 g/mol. The van der Waals surface area contributed by atoms with Crippen molar-refractivity contribution < 1.29 is 9.53 Å². The van der Waals surface area contributed by atoms with Gasteiger partial charge in [0.1, 0.15) is 5.52 Å². The van der Waals surface area contributed by atoms with E-state index in [1.807, 2.05) is 0 Å². The van der Waals surface area contributed by atoms with E-state index in [0.717, 1.165) is 9.16 Å². The first-order valence-corrected chi connectivity index (χ1v) is 5.01. The van der Waals surface area contributed by atoms with E-state index in [1.54, 1.807) is 31.2 Å². The number of rotatable bonds is 2. The Bertz CT molecular complexity index is 590. The van der Waals surface area contributed by atoms with Crippen LogP contribution in [0.5, 0.6) is 0 Å². The molecular formula is C11H12N2O3. The molecule has 5 nitrogen and oxygen atoms in total. The number of hydrogen-bond donors (Lipinski definition) is 1. The van der Waals surface area contributed by atoms with Crippen LogP contribution in [0.1, 0.15) is 11.4 Å². The minimum atomic E-state index is -0.151. The molecule has 0 radical (unpaired) electrons. The van der Waals surface area contributed by atoms with Crippen LogP contribution in [0.4, 0.5) is 0 Å². The molecule has 0 fully saturated rings. The van der Waals surface area contributed by atoms with Crippen molar-refractivity contribution in [1.29, 1.82) is 0 Å². The van der Waals surface area contributed by atoms with Crippen LogP contribution in [0.2, 0.25) is 0 Å². The van der Waals surface area contributed by atoms with Gasteiger partial charge in [0, 0.05) is 11.0 Å². The predicted octanol–water partition coefficient (Wildman–Crippen LogP) is 0.745. The average Bonchev–Trinajstić information content (AvgIpc) is 2.32. The van der Waals surface area contributed by atoms with E-state index < -0.39 is 0 Å². The molecule has 16 heavy (non-hydrogen) atoms. The molecule has 0 saturated heterocycles. The van der Waals surface area contributed by atoms with Crippen molar-refractivity contribution in [2.45, 2.75) is 13.3 Å². The topological polar surface area (TPSA) is 71.2 Å². The largest absolute Gasteiger partial charge is 0.805 e. The number of para-hydroxylation sites is 2. The van der Waals surface area contributed by atoms with E-state index in [2.05, 4.69) is 0 Å². The summed E-state index contributed by atoms with van der Waals surface area (Å²) >= 11 is 0. The van der Waals surface area contributed by atoms with Crippen molar-refractivity contribution in [2.24, 2.45) is 0 Å². The van der Waals surface area contributed by atoms with Gasteiger partial charge in [0.2, 0.25) is 0 Å². The Hall–Kier alpha value is -1.88. The van der Waals surface area contributed by atoms with Crippen LogP contribution in [0, 0.1) is 17.0 Å². The summed E-state index contributed by atoms with van der Waals surface area (Å²) in [5, 5.41) is 20.7. The highest BCUT2D eigenvalue weighted by molar-refractivity contribution is 5.72. The van der Waals surface area contributed by atoms with Gasteiger partial charge in [-0.25, -0.2) is 0 Å². The Labute approximate surface area is 91.8 Å². The fourth-order valence-corrected chi connectivity index (χ4v) is 1.79. The number of fused-ring (bicyclic) bond motifs is 1. The van der Waals surface area contributed by atoms with Crippen molar-refractivity contribution in [3.8, 4) is 0 Å². The van der Waals surface area contributed by atoms with Gasteiger partial charge in [-0.1, -0.05) is 12.1 Å². The maximum Gasteiger partial charge on any atom is 0.286 e. The van der Waals surface area contributed by atoms with Crippen molar-refractivity contribution in [3.05, 3.63) is 45.8 Å². The van der Waals surface area contributed by atoms with E-state index in [0.29, 0.717) is 22.4 Å². The highest BCUT2D eigenvalue weighted by Crippen LogP contribution is 2.13. The van der Waals surface area contributed by atoms with Gasteiger partial charge >= 0.3 is 0 Å². The lowest BCUT2D eigenvalue weighted by Gasteiger charge is -2.16. The Morgan fingerprint density at radius 1 is 1.44 bits per heavy atom. The Balaban J connectivity index is 2.89. The maximum absolute atomic E-state index is 11.9. The average molecular weight is 220 g/mol. The van der Waals surface area contributed by atoms with Gasteiger partial charge in [0.05, 0.1) is 23.1 Å². The van der Waals surface area contributed by atoms with Crippen LogP contribution in [0.3, 0.4) is 0 Å². The van der Waals surface area contributed by atoms with Crippen molar-refractivity contribution in [1.82, 2.24) is 4.73 Å². The Morgan fingerprint density at radius 2 is 2.12 bits per heavy atom. The molecule has 1 aromatic carbocycles. The summed E-state index contributed by atoms with van der Waals surface area (Å²) in [4.78, 5) is 11.9. The van der Waals surface area contributed by atoms with Crippen molar-refractivity contribution in [2.75, 3.05) is 6.61 Å². The van der Waals surface area contributed by atoms with Crippen LogP contribution >= 0.6 is 0 Å². The summed E-state index contributed by atoms with van der Waals surface area (Å²) in [7, 11) is 0. The molecule has 0 aliphatic carbocycles. The summed E-state index contributed by atoms with van der Waals surface area (Å²) in [5.74, 6) is 0. The fraction of sp³-hybridized carbons (Fsp3) is 0.273. The van der Waals surface area contributed by atoms with E-state index in [4.69, 9.17) is 5.11 Å². The molecule has 0 unspecified atom stereocenters. The van der Waals surface area contributed by atoms with Crippen molar-refractivity contribution >= 4 is 11.0 Å². The quantitative estimate of drug-likeness (QED) is 0.759. The summed E-state index contributed by atoms with van der Waals surface area (Å²) < 4.78 is 1.45. The molecular weight excluding hydrogens is 208 g/mol. The summed E-state index contributed by atoms with van der Waals surface area (Å²) in [6.07, 6.45) is 0.183. The van der Waals surface area contributed by atoms with Crippen LogP contribution in [0.15, 0.2) is 24.3 Å². The summed E-state index contributed by atoms with van der Waals surface area (Å²) in [6.45, 7) is 1.43. The van der Waals surface area contributed by atoms with E-state index >= 15 is 0 Å². The molecule has 1 heterocycles. The van der Waals surface area contributed by atoms with Crippen LogP contribution in [-0.4, -0.2) is 16.4 Å². The highest BCUT2D eigenvalue weighted by Gasteiger charge is 2.18. The van der Waals surface area contributed by atoms with Gasteiger partial charge in [-0.3, -0.25) is 0 Å². The number of nitrogens with zero attached hydrogens (tertiary/aromatic N) is 2. The van der Waals surface area contributed by atoms with Gasteiger partial charge in [-0.15, -0.1) is 0 Å². The van der Waals surface area contributed by atoms with Gasteiger partial charge in [-0.05, 0) is 13.0 Å². The minimum absolute atomic E-state index is 0.151. The summed E-state index contributed by atoms with van der Waals surface area (Å²) in [5.41, 5.74) is 1.32. The second kappa shape index (κ2) is 3.94. The standard InChI is InChI=1S/C11H12N2O3/c1-8-9(6-7-14)13(16)11-5-3-2-4-10(11)12(8)15/h2-5,14H,6-7H2,1H3. The first-order valence-electron chi connectivity index (χ1n) is 5.01. The first-order chi connectivity index (χ1) is 7.66. The van der Waals surface area contributed by atoms with E-state index in [9.17, 15) is 10.1 Å². The van der Waals surface area contributed by atoms with Crippen LogP contribution < -0.4 is 4.43 Å². The smallest absolute Gasteiger partial charge is 0.286 e. The molecule has 0 saturated carbocycles. The van der Waals surface area contributed by atoms with Gasteiger partial charge in [0.25, 0.3) is 11.2 Å². The zero-order valence-electron chi connectivity index (χ0n) is 8.88. The Kier molecular flexibility index (Phi) is 2.62. The number of benzene rings is 1. The van der Waals surface area contributed by atoms with E-state index in [-0.39, 0.29) is 13.0 Å².